The van der Waals surface area contributed by atoms with Crippen LogP contribution in [-0.2, 0) is 12.7 Å². The molecule has 0 aliphatic rings. The van der Waals surface area contributed by atoms with E-state index in [4.69, 9.17) is 4.74 Å². The Bertz CT molecular complexity index is 585. The van der Waals surface area contributed by atoms with Crippen LogP contribution in [-0.4, -0.2) is 12.0 Å². The van der Waals surface area contributed by atoms with Gasteiger partial charge >= 0.3 is 6.18 Å². The smallest absolute Gasteiger partial charge is 0.419 e. The molecule has 0 saturated carbocycles. The summed E-state index contributed by atoms with van der Waals surface area (Å²) in [7, 11) is 1.74. The molecule has 0 fully saturated rings. The molecular weight excluding hydrogens is 269 g/mol. The fraction of sp³-hybridized carbons (Fsp3) is 0.214. The first-order chi connectivity index (χ1) is 9.52. The third-order valence-electron chi connectivity index (χ3n) is 2.64. The van der Waals surface area contributed by atoms with E-state index in [1.807, 2.05) is 0 Å². The Morgan fingerprint density at radius 2 is 1.90 bits per heavy atom. The Morgan fingerprint density at radius 3 is 2.60 bits per heavy atom. The maximum Gasteiger partial charge on any atom is 0.419 e. The van der Waals surface area contributed by atoms with E-state index >= 15 is 0 Å². The van der Waals surface area contributed by atoms with E-state index in [2.05, 4.69) is 10.3 Å². The molecule has 20 heavy (non-hydrogen) atoms. The minimum atomic E-state index is -4.45. The van der Waals surface area contributed by atoms with Crippen molar-refractivity contribution in [1.29, 1.82) is 0 Å². The highest BCUT2D eigenvalue weighted by molar-refractivity contribution is 5.41. The number of hydrogen-bond acceptors (Lipinski definition) is 3. The van der Waals surface area contributed by atoms with Crippen molar-refractivity contribution in [3.05, 3.63) is 53.9 Å². The van der Waals surface area contributed by atoms with Crippen LogP contribution in [0.25, 0.3) is 0 Å². The molecule has 1 heterocycles. The second-order valence-electron chi connectivity index (χ2n) is 4.11. The number of aromatic nitrogens is 1. The number of hydrogen-bond donors (Lipinski definition) is 1. The zero-order valence-corrected chi connectivity index (χ0v) is 10.7. The van der Waals surface area contributed by atoms with Gasteiger partial charge < -0.3 is 10.1 Å². The van der Waals surface area contributed by atoms with Gasteiger partial charge in [-0.25, -0.2) is 0 Å². The van der Waals surface area contributed by atoms with Crippen molar-refractivity contribution in [2.45, 2.75) is 12.7 Å². The van der Waals surface area contributed by atoms with Gasteiger partial charge in [0.25, 0.3) is 0 Å². The van der Waals surface area contributed by atoms with Crippen LogP contribution in [0.1, 0.15) is 11.1 Å². The van der Waals surface area contributed by atoms with E-state index in [0.717, 1.165) is 6.07 Å². The lowest BCUT2D eigenvalue weighted by Gasteiger charge is -2.15. The Labute approximate surface area is 114 Å². The first-order valence-electron chi connectivity index (χ1n) is 5.94. The second kappa shape index (κ2) is 5.92. The number of ether oxygens (including phenoxy) is 1. The van der Waals surface area contributed by atoms with Gasteiger partial charge in [0.1, 0.15) is 11.5 Å². The molecule has 0 spiro atoms. The Morgan fingerprint density at radius 1 is 1.15 bits per heavy atom. The fourth-order valence-corrected chi connectivity index (χ4v) is 1.75. The van der Waals surface area contributed by atoms with Gasteiger partial charge in [0.2, 0.25) is 0 Å². The molecule has 0 unspecified atom stereocenters. The third kappa shape index (κ3) is 3.27. The fourth-order valence-electron chi connectivity index (χ4n) is 1.75. The molecule has 1 aromatic carbocycles. The van der Waals surface area contributed by atoms with Gasteiger partial charge in [0.05, 0.1) is 5.56 Å². The molecule has 0 aliphatic heterocycles. The standard InChI is InChI=1S/C14H13F3N2O/c1-18-8-10-9-19-7-6-12(10)20-13-5-3-2-4-11(13)14(15,16)17/h2-7,9,18H,8H2,1H3. The molecule has 2 rings (SSSR count). The summed E-state index contributed by atoms with van der Waals surface area (Å²) in [5.74, 6) is 0.134. The first-order valence-corrected chi connectivity index (χ1v) is 5.94. The van der Waals surface area contributed by atoms with Crippen molar-refractivity contribution < 1.29 is 17.9 Å². The molecule has 0 saturated heterocycles. The number of benzene rings is 1. The van der Waals surface area contributed by atoms with Gasteiger partial charge in [-0.2, -0.15) is 13.2 Å². The number of rotatable bonds is 4. The predicted molar refractivity (Wildman–Crippen MR) is 68.5 cm³/mol. The Hall–Kier alpha value is -2.08. The van der Waals surface area contributed by atoms with Crippen molar-refractivity contribution in [2.24, 2.45) is 0 Å². The lowest BCUT2D eigenvalue weighted by atomic mass is 10.2. The molecule has 2 aromatic rings. The Kier molecular flexibility index (Phi) is 4.24. The van der Waals surface area contributed by atoms with E-state index in [1.165, 1.54) is 24.4 Å². The van der Waals surface area contributed by atoms with Crippen molar-refractivity contribution in [3.8, 4) is 11.5 Å². The summed E-state index contributed by atoms with van der Waals surface area (Å²) < 4.78 is 44.1. The zero-order valence-electron chi connectivity index (χ0n) is 10.7. The van der Waals surface area contributed by atoms with E-state index in [-0.39, 0.29) is 5.75 Å². The summed E-state index contributed by atoms with van der Waals surface area (Å²) in [5.41, 5.74) is -0.112. The monoisotopic (exact) mass is 282 g/mol. The number of pyridine rings is 1. The van der Waals surface area contributed by atoms with Crippen LogP contribution in [0.15, 0.2) is 42.7 Å². The second-order valence-corrected chi connectivity index (χ2v) is 4.11. The summed E-state index contributed by atoms with van der Waals surface area (Å²) in [6, 6.07) is 6.67. The van der Waals surface area contributed by atoms with Gasteiger partial charge in [-0.1, -0.05) is 12.1 Å². The average molecular weight is 282 g/mol. The molecule has 0 atom stereocenters. The lowest BCUT2D eigenvalue weighted by Crippen LogP contribution is -2.09. The van der Waals surface area contributed by atoms with Crippen molar-refractivity contribution in [3.63, 3.8) is 0 Å². The molecule has 106 valence electrons. The van der Waals surface area contributed by atoms with Crippen LogP contribution in [0.3, 0.4) is 0 Å². The zero-order chi connectivity index (χ0) is 14.6. The quantitative estimate of drug-likeness (QED) is 0.930. The molecule has 0 radical (unpaired) electrons. The first kappa shape index (κ1) is 14.3. The SMILES string of the molecule is CNCc1cnccc1Oc1ccccc1C(F)(F)F. The number of halogens is 3. The van der Waals surface area contributed by atoms with Gasteiger partial charge in [0, 0.05) is 24.5 Å². The molecule has 0 bridgehead atoms. The van der Waals surface area contributed by atoms with E-state index in [1.54, 1.807) is 19.3 Å². The molecule has 6 heteroatoms. The molecular formula is C14H13F3N2O. The highest BCUT2D eigenvalue weighted by Gasteiger charge is 2.34. The van der Waals surface area contributed by atoms with Crippen molar-refractivity contribution >= 4 is 0 Å². The minimum absolute atomic E-state index is 0.219. The molecule has 1 aromatic heterocycles. The summed E-state index contributed by atoms with van der Waals surface area (Å²) in [4.78, 5) is 3.93. The summed E-state index contributed by atoms with van der Waals surface area (Å²) >= 11 is 0. The summed E-state index contributed by atoms with van der Waals surface area (Å²) in [5, 5.41) is 2.91. The van der Waals surface area contributed by atoms with Gasteiger partial charge in [-0.3, -0.25) is 4.98 Å². The van der Waals surface area contributed by atoms with Crippen LogP contribution >= 0.6 is 0 Å². The van der Waals surface area contributed by atoms with Gasteiger partial charge in [0.15, 0.2) is 0 Å². The third-order valence-corrected chi connectivity index (χ3v) is 2.64. The largest absolute Gasteiger partial charge is 0.456 e. The van der Waals surface area contributed by atoms with Crippen molar-refractivity contribution in [2.75, 3.05) is 7.05 Å². The average Bonchev–Trinajstić information content (AvgIpc) is 2.41. The van der Waals surface area contributed by atoms with Crippen LogP contribution in [0, 0.1) is 0 Å². The number of nitrogens with one attached hydrogen (secondary N) is 1. The molecule has 3 nitrogen and oxygen atoms in total. The predicted octanol–water partition coefficient (Wildman–Crippen LogP) is 3.61. The summed E-state index contributed by atoms with van der Waals surface area (Å²) in [6.45, 7) is 0.456. The van der Waals surface area contributed by atoms with E-state index in [0.29, 0.717) is 17.9 Å². The van der Waals surface area contributed by atoms with Gasteiger partial charge in [-0.05, 0) is 25.2 Å². The van der Waals surface area contributed by atoms with Gasteiger partial charge in [-0.15, -0.1) is 0 Å². The maximum atomic E-state index is 12.9. The molecule has 1 N–H and O–H groups in total. The van der Waals surface area contributed by atoms with Crippen LogP contribution in [0.2, 0.25) is 0 Å². The number of para-hydroxylation sites is 1. The lowest BCUT2D eigenvalue weighted by molar-refractivity contribution is -0.138. The number of alkyl halides is 3. The topological polar surface area (TPSA) is 34.2 Å². The highest BCUT2D eigenvalue weighted by atomic mass is 19.4. The normalized spacial score (nSPS) is 11.4. The van der Waals surface area contributed by atoms with Crippen LogP contribution in [0.5, 0.6) is 11.5 Å². The summed E-state index contributed by atoms with van der Waals surface area (Å²) in [6.07, 6.45) is -1.42. The Balaban J connectivity index is 2.36. The van der Waals surface area contributed by atoms with Crippen molar-refractivity contribution in [1.82, 2.24) is 10.3 Å². The molecule has 0 aliphatic carbocycles. The van der Waals surface area contributed by atoms with E-state index in [9.17, 15) is 13.2 Å². The number of nitrogens with zero attached hydrogens (tertiary/aromatic N) is 1. The van der Waals surface area contributed by atoms with Crippen LogP contribution in [0.4, 0.5) is 13.2 Å². The van der Waals surface area contributed by atoms with Crippen LogP contribution < -0.4 is 10.1 Å². The maximum absolute atomic E-state index is 12.9. The molecule has 0 amide bonds. The minimum Gasteiger partial charge on any atom is -0.456 e. The van der Waals surface area contributed by atoms with E-state index < -0.39 is 11.7 Å². The highest BCUT2D eigenvalue weighted by Crippen LogP contribution is 2.38.